The van der Waals surface area contributed by atoms with Crippen molar-refractivity contribution in [3.05, 3.63) is 42.0 Å². The Morgan fingerprint density at radius 2 is 1.50 bits per heavy atom. The number of benzene rings is 2. The number of amides is 1. The molecule has 1 amide bonds. The lowest BCUT2D eigenvalue weighted by Crippen LogP contribution is -2.46. The maximum atomic E-state index is 12.4. The van der Waals surface area contributed by atoms with Crippen molar-refractivity contribution in [3.63, 3.8) is 0 Å². The number of hydrogen-bond acceptors (Lipinski definition) is 7. The van der Waals surface area contributed by atoms with E-state index in [1.54, 1.807) is 33.5 Å². The summed E-state index contributed by atoms with van der Waals surface area (Å²) in [5, 5.41) is 12.8. The summed E-state index contributed by atoms with van der Waals surface area (Å²) in [4.78, 5) is 12.4. The average molecular weight is 415 g/mol. The van der Waals surface area contributed by atoms with Gasteiger partial charge in [0.05, 0.1) is 27.4 Å². The Labute approximate surface area is 176 Å². The highest BCUT2D eigenvalue weighted by Crippen LogP contribution is 2.40. The van der Waals surface area contributed by atoms with Crippen LogP contribution in [0.25, 0.3) is 0 Å². The molecule has 3 rings (SSSR count). The first-order chi connectivity index (χ1) is 14.5. The summed E-state index contributed by atoms with van der Waals surface area (Å²) in [5.41, 5.74) is 7.95. The molecule has 0 saturated heterocycles. The van der Waals surface area contributed by atoms with E-state index in [1.807, 2.05) is 24.3 Å². The van der Waals surface area contributed by atoms with E-state index in [0.717, 1.165) is 37.1 Å². The van der Waals surface area contributed by atoms with E-state index in [1.165, 1.54) is 0 Å². The molecule has 8 heteroatoms. The number of ether oxygens (including phenoxy) is 3. The van der Waals surface area contributed by atoms with Crippen LogP contribution in [-0.4, -0.2) is 44.5 Å². The third-order valence-corrected chi connectivity index (χ3v) is 5.19. The molecule has 0 atom stereocenters. The van der Waals surface area contributed by atoms with Gasteiger partial charge in [-0.05, 0) is 49.9 Å². The number of aliphatic hydroxyl groups is 1. The van der Waals surface area contributed by atoms with Gasteiger partial charge in [-0.25, -0.2) is 5.43 Å². The van der Waals surface area contributed by atoms with Crippen LogP contribution in [0.3, 0.4) is 0 Å². The SMILES string of the molecule is COc1cc(Nc2ccc(C(=O)NNC3CCC(O)CC3)cc2)cc(OC)c1OC. The van der Waals surface area contributed by atoms with E-state index in [9.17, 15) is 9.90 Å². The molecule has 1 aliphatic carbocycles. The second kappa shape index (κ2) is 10.2. The number of anilines is 2. The zero-order valence-electron chi connectivity index (χ0n) is 17.5. The van der Waals surface area contributed by atoms with Gasteiger partial charge in [0.1, 0.15) is 0 Å². The molecule has 162 valence electrons. The largest absolute Gasteiger partial charge is 0.493 e. The summed E-state index contributed by atoms with van der Waals surface area (Å²) in [6, 6.07) is 11.0. The van der Waals surface area contributed by atoms with Crippen LogP contribution in [0.1, 0.15) is 36.0 Å². The average Bonchev–Trinajstić information content (AvgIpc) is 2.78. The third kappa shape index (κ3) is 5.34. The van der Waals surface area contributed by atoms with E-state index in [0.29, 0.717) is 22.8 Å². The van der Waals surface area contributed by atoms with Crippen molar-refractivity contribution in [2.75, 3.05) is 26.6 Å². The molecule has 0 radical (unpaired) electrons. The number of aliphatic hydroxyl groups excluding tert-OH is 1. The van der Waals surface area contributed by atoms with E-state index in [-0.39, 0.29) is 18.1 Å². The Bertz CT molecular complexity index is 823. The lowest BCUT2D eigenvalue weighted by molar-refractivity contribution is 0.0887. The Morgan fingerprint density at radius 3 is 2.03 bits per heavy atom. The minimum Gasteiger partial charge on any atom is -0.493 e. The molecule has 1 aliphatic rings. The van der Waals surface area contributed by atoms with E-state index in [4.69, 9.17) is 14.2 Å². The Morgan fingerprint density at radius 1 is 0.900 bits per heavy atom. The molecule has 2 aromatic carbocycles. The maximum Gasteiger partial charge on any atom is 0.265 e. The highest BCUT2D eigenvalue weighted by atomic mass is 16.5. The predicted octanol–water partition coefficient (Wildman–Crippen LogP) is 2.99. The van der Waals surface area contributed by atoms with Crippen molar-refractivity contribution < 1.29 is 24.1 Å². The van der Waals surface area contributed by atoms with Crippen molar-refractivity contribution >= 4 is 17.3 Å². The van der Waals surface area contributed by atoms with Crippen molar-refractivity contribution in [1.82, 2.24) is 10.9 Å². The zero-order chi connectivity index (χ0) is 21.5. The number of rotatable bonds is 8. The molecule has 1 fully saturated rings. The normalized spacial score (nSPS) is 18.4. The quantitative estimate of drug-likeness (QED) is 0.492. The molecule has 0 heterocycles. The molecule has 0 aliphatic heterocycles. The molecule has 4 N–H and O–H groups in total. The van der Waals surface area contributed by atoms with Crippen molar-refractivity contribution in [2.24, 2.45) is 0 Å². The van der Waals surface area contributed by atoms with E-state index >= 15 is 0 Å². The molecular formula is C22H29N3O5. The number of carbonyl (C=O) groups is 1. The Hall–Kier alpha value is -2.97. The van der Waals surface area contributed by atoms with E-state index in [2.05, 4.69) is 16.2 Å². The van der Waals surface area contributed by atoms with Crippen LogP contribution >= 0.6 is 0 Å². The Balaban J connectivity index is 1.61. The first-order valence-corrected chi connectivity index (χ1v) is 9.95. The summed E-state index contributed by atoms with van der Waals surface area (Å²) in [5.74, 6) is 1.44. The molecular weight excluding hydrogens is 386 g/mol. The monoisotopic (exact) mass is 415 g/mol. The second-order valence-corrected chi connectivity index (χ2v) is 7.22. The van der Waals surface area contributed by atoms with Crippen molar-refractivity contribution in [1.29, 1.82) is 0 Å². The summed E-state index contributed by atoms with van der Waals surface area (Å²) >= 11 is 0. The van der Waals surface area contributed by atoms with Gasteiger partial charge in [0, 0.05) is 35.1 Å². The van der Waals surface area contributed by atoms with Gasteiger partial charge in [-0.2, -0.15) is 0 Å². The summed E-state index contributed by atoms with van der Waals surface area (Å²) < 4.78 is 16.1. The molecule has 0 bridgehead atoms. The minimum absolute atomic E-state index is 0.193. The fourth-order valence-electron chi connectivity index (χ4n) is 3.48. The van der Waals surface area contributed by atoms with Gasteiger partial charge in [-0.3, -0.25) is 10.2 Å². The van der Waals surface area contributed by atoms with Gasteiger partial charge in [-0.15, -0.1) is 0 Å². The van der Waals surface area contributed by atoms with Crippen molar-refractivity contribution in [3.8, 4) is 17.2 Å². The van der Waals surface area contributed by atoms with Gasteiger partial charge < -0.3 is 24.6 Å². The molecule has 8 nitrogen and oxygen atoms in total. The molecule has 2 aromatic rings. The fourth-order valence-corrected chi connectivity index (χ4v) is 3.48. The minimum atomic E-state index is -0.218. The van der Waals surface area contributed by atoms with Crippen molar-refractivity contribution in [2.45, 2.75) is 37.8 Å². The van der Waals surface area contributed by atoms with Gasteiger partial charge in [-0.1, -0.05) is 0 Å². The molecule has 30 heavy (non-hydrogen) atoms. The van der Waals surface area contributed by atoms with Crippen LogP contribution < -0.4 is 30.4 Å². The lowest BCUT2D eigenvalue weighted by Gasteiger charge is -2.26. The fraction of sp³-hybridized carbons (Fsp3) is 0.409. The number of hydrogen-bond donors (Lipinski definition) is 4. The standard InChI is InChI=1S/C22H29N3O5/c1-28-19-12-17(13-20(29-2)21(19)30-3)23-15-6-4-14(5-7-15)22(27)25-24-16-8-10-18(26)11-9-16/h4-7,12-13,16,18,23-24,26H,8-11H2,1-3H3,(H,25,27). The summed E-state index contributed by atoms with van der Waals surface area (Å²) in [7, 11) is 4.69. The highest BCUT2D eigenvalue weighted by molar-refractivity contribution is 5.94. The second-order valence-electron chi connectivity index (χ2n) is 7.22. The van der Waals surface area contributed by atoms with Crippen LogP contribution in [0.2, 0.25) is 0 Å². The van der Waals surface area contributed by atoms with E-state index < -0.39 is 0 Å². The molecule has 0 aromatic heterocycles. The van der Waals surface area contributed by atoms with Gasteiger partial charge >= 0.3 is 0 Å². The zero-order valence-corrected chi connectivity index (χ0v) is 17.5. The molecule has 0 spiro atoms. The topological polar surface area (TPSA) is 101 Å². The van der Waals surface area contributed by atoms with Crippen LogP contribution in [0.4, 0.5) is 11.4 Å². The Kier molecular flexibility index (Phi) is 7.37. The highest BCUT2D eigenvalue weighted by Gasteiger charge is 2.19. The third-order valence-electron chi connectivity index (χ3n) is 5.19. The van der Waals surface area contributed by atoms with Crippen LogP contribution in [0.5, 0.6) is 17.2 Å². The van der Waals surface area contributed by atoms with Crippen LogP contribution in [0, 0.1) is 0 Å². The smallest absolute Gasteiger partial charge is 0.265 e. The molecule has 0 unspecified atom stereocenters. The summed E-state index contributed by atoms with van der Waals surface area (Å²) in [6.07, 6.45) is 2.99. The predicted molar refractivity (Wildman–Crippen MR) is 115 cm³/mol. The van der Waals surface area contributed by atoms with Gasteiger partial charge in [0.15, 0.2) is 11.5 Å². The summed E-state index contributed by atoms with van der Waals surface area (Å²) in [6.45, 7) is 0. The van der Waals surface area contributed by atoms with Crippen LogP contribution in [0.15, 0.2) is 36.4 Å². The van der Waals surface area contributed by atoms with Crippen LogP contribution in [-0.2, 0) is 0 Å². The number of methoxy groups -OCH3 is 3. The van der Waals surface area contributed by atoms with Gasteiger partial charge in [0.2, 0.25) is 5.75 Å². The number of hydrazine groups is 1. The lowest BCUT2D eigenvalue weighted by atomic mass is 9.94. The van der Waals surface area contributed by atoms with Gasteiger partial charge in [0.25, 0.3) is 5.91 Å². The number of nitrogens with one attached hydrogen (secondary N) is 3. The first-order valence-electron chi connectivity index (χ1n) is 9.95. The maximum absolute atomic E-state index is 12.4. The molecule has 1 saturated carbocycles. The number of carbonyl (C=O) groups excluding carboxylic acids is 1. The first kappa shape index (κ1) is 21.7.